The van der Waals surface area contributed by atoms with Gasteiger partial charge in [-0.2, -0.15) is 0 Å². The number of piperidine rings is 1. The van der Waals surface area contributed by atoms with Crippen molar-refractivity contribution in [3.8, 4) is 0 Å². The Labute approximate surface area is 122 Å². The Morgan fingerprint density at radius 1 is 1.25 bits per heavy atom. The monoisotopic (exact) mass is 274 g/mol. The molecule has 0 bridgehead atoms. The highest BCUT2D eigenvalue weighted by Crippen LogP contribution is 2.12. The number of likely N-dealkylation sites (tertiary alicyclic amines) is 1. The summed E-state index contributed by atoms with van der Waals surface area (Å²) in [6.45, 7) is 6.20. The Morgan fingerprint density at radius 3 is 2.50 bits per heavy atom. The lowest BCUT2D eigenvalue weighted by atomic mass is 10.0. The summed E-state index contributed by atoms with van der Waals surface area (Å²) >= 11 is 0. The van der Waals surface area contributed by atoms with E-state index in [9.17, 15) is 4.79 Å². The first-order valence-electron chi connectivity index (χ1n) is 7.59. The summed E-state index contributed by atoms with van der Waals surface area (Å²) in [4.78, 5) is 13.3. The van der Waals surface area contributed by atoms with E-state index in [1.165, 1.54) is 11.1 Å². The van der Waals surface area contributed by atoms with Crippen molar-refractivity contribution in [2.75, 3.05) is 13.6 Å². The van der Waals surface area contributed by atoms with Crippen LogP contribution in [-0.2, 0) is 17.8 Å². The van der Waals surface area contributed by atoms with E-state index in [0.717, 1.165) is 25.9 Å². The molecule has 3 nitrogen and oxygen atoms in total. The predicted octanol–water partition coefficient (Wildman–Crippen LogP) is 2.60. The third-order valence-corrected chi connectivity index (χ3v) is 3.89. The van der Waals surface area contributed by atoms with Gasteiger partial charge in [0, 0.05) is 32.6 Å². The van der Waals surface area contributed by atoms with Crippen molar-refractivity contribution in [3.63, 3.8) is 0 Å². The molecule has 110 valence electrons. The largest absolute Gasteiger partial charge is 0.344 e. The molecule has 20 heavy (non-hydrogen) atoms. The average molecular weight is 274 g/mol. The molecule has 0 aromatic heterocycles. The smallest absolute Gasteiger partial charge is 0.222 e. The minimum Gasteiger partial charge on any atom is -0.344 e. The van der Waals surface area contributed by atoms with Crippen molar-refractivity contribution in [3.05, 3.63) is 35.4 Å². The first kappa shape index (κ1) is 15.0. The molecule has 1 aromatic carbocycles. The van der Waals surface area contributed by atoms with Crippen LogP contribution >= 0.6 is 0 Å². The highest BCUT2D eigenvalue weighted by Gasteiger charge is 2.21. The van der Waals surface area contributed by atoms with Gasteiger partial charge in [-0.25, -0.2) is 0 Å². The summed E-state index contributed by atoms with van der Waals surface area (Å²) in [5, 5.41) is 3.56. The molecular formula is C17H26N2O. The maximum atomic E-state index is 11.4. The summed E-state index contributed by atoms with van der Waals surface area (Å²) in [7, 11) is 1.89. The van der Waals surface area contributed by atoms with Gasteiger partial charge in [-0.05, 0) is 29.9 Å². The third-order valence-electron chi connectivity index (χ3n) is 3.89. The van der Waals surface area contributed by atoms with E-state index in [1.54, 1.807) is 0 Å². The first-order valence-corrected chi connectivity index (χ1v) is 7.59. The number of hydrogen-bond acceptors (Lipinski definition) is 2. The number of rotatable bonds is 5. The van der Waals surface area contributed by atoms with Crippen LogP contribution < -0.4 is 5.32 Å². The average Bonchev–Trinajstić information content (AvgIpc) is 2.41. The van der Waals surface area contributed by atoms with E-state index in [4.69, 9.17) is 0 Å². The van der Waals surface area contributed by atoms with Crippen molar-refractivity contribution >= 4 is 5.91 Å². The van der Waals surface area contributed by atoms with Gasteiger partial charge in [0.1, 0.15) is 0 Å². The van der Waals surface area contributed by atoms with Gasteiger partial charge in [0.2, 0.25) is 5.91 Å². The molecule has 1 aliphatic rings. The van der Waals surface area contributed by atoms with E-state index in [0.29, 0.717) is 18.4 Å². The molecule has 1 N–H and O–H groups in total. The number of nitrogens with zero attached hydrogens (tertiary/aromatic N) is 1. The standard InChI is InChI=1S/C17H26N2O/c1-13(2)10-14-4-6-15(7-5-14)11-18-16-8-9-17(20)19(3)12-16/h4-7,13,16,18H,8-12H2,1-3H3. The zero-order valence-electron chi connectivity index (χ0n) is 12.9. The van der Waals surface area contributed by atoms with E-state index in [1.807, 2.05) is 11.9 Å². The van der Waals surface area contributed by atoms with Crippen LogP contribution in [0, 0.1) is 5.92 Å². The predicted molar refractivity (Wildman–Crippen MR) is 82.5 cm³/mol. The van der Waals surface area contributed by atoms with Crippen LogP contribution in [0.15, 0.2) is 24.3 Å². The van der Waals surface area contributed by atoms with Gasteiger partial charge in [0.15, 0.2) is 0 Å². The third kappa shape index (κ3) is 4.34. The lowest BCUT2D eigenvalue weighted by Crippen LogP contribution is -2.46. The van der Waals surface area contributed by atoms with Crippen molar-refractivity contribution in [1.29, 1.82) is 0 Å². The van der Waals surface area contributed by atoms with E-state index in [-0.39, 0.29) is 5.91 Å². The molecule has 1 aliphatic heterocycles. The Morgan fingerprint density at radius 2 is 1.90 bits per heavy atom. The van der Waals surface area contributed by atoms with Crippen molar-refractivity contribution < 1.29 is 4.79 Å². The summed E-state index contributed by atoms with van der Waals surface area (Å²) in [5.41, 5.74) is 2.73. The highest BCUT2D eigenvalue weighted by atomic mass is 16.2. The van der Waals surface area contributed by atoms with Crippen LogP contribution in [0.5, 0.6) is 0 Å². The second kappa shape index (κ2) is 6.89. The molecule has 1 saturated heterocycles. The Bertz CT molecular complexity index is 439. The van der Waals surface area contributed by atoms with Gasteiger partial charge in [0.05, 0.1) is 0 Å². The van der Waals surface area contributed by atoms with Crippen molar-refractivity contribution in [1.82, 2.24) is 10.2 Å². The fraction of sp³-hybridized carbons (Fsp3) is 0.588. The summed E-state index contributed by atoms with van der Waals surface area (Å²) in [5.74, 6) is 0.968. The number of carbonyl (C=O) groups excluding carboxylic acids is 1. The Balaban J connectivity index is 1.80. The van der Waals surface area contributed by atoms with Crippen LogP contribution in [0.25, 0.3) is 0 Å². The molecule has 0 radical (unpaired) electrons. The normalized spacial score (nSPS) is 19.7. The lowest BCUT2D eigenvalue weighted by Gasteiger charge is -2.30. The lowest BCUT2D eigenvalue weighted by molar-refractivity contribution is -0.132. The molecule has 1 atom stereocenters. The molecule has 1 fully saturated rings. The fourth-order valence-corrected chi connectivity index (χ4v) is 2.71. The van der Waals surface area contributed by atoms with Gasteiger partial charge in [-0.15, -0.1) is 0 Å². The van der Waals surface area contributed by atoms with Gasteiger partial charge in [-0.1, -0.05) is 38.1 Å². The fourth-order valence-electron chi connectivity index (χ4n) is 2.71. The van der Waals surface area contributed by atoms with E-state index < -0.39 is 0 Å². The first-order chi connectivity index (χ1) is 9.54. The number of nitrogens with one attached hydrogen (secondary N) is 1. The van der Waals surface area contributed by atoms with Gasteiger partial charge in [0.25, 0.3) is 0 Å². The molecule has 0 aliphatic carbocycles. The van der Waals surface area contributed by atoms with Crippen LogP contribution in [0.1, 0.15) is 37.8 Å². The quantitative estimate of drug-likeness (QED) is 0.895. The molecule has 1 heterocycles. The zero-order chi connectivity index (χ0) is 14.5. The minimum atomic E-state index is 0.265. The molecule has 1 unspecified atom stereocenters. The number of hydrogen-bond donors (Lipinski definition) is 1. The topological polar surface area (TPSA) is 32.3 Å². The van der Waals surface area contributed by atoms with Gasteiger partial charge < -0.3 is 10.2 Å². The van der Waals surface area contributed by atoms with Crippen LogP contribution in [0.4, 0.5) is 0 Å². The minimum absolute atomic E-state index is 0.265. The molecule has 1 aromatic rings. The molecule has 0 saturated carbocycles. The van der Waals surface area contributed by atoms with E-state index in [2.05, 4.69) is 43.4 Å². The van der Waals surface area contributed by atoms with Crippen LogP contribution in [0.3, 0.4) is 0 Å². The van der Waals surface area contributed by atoms with Crippen LogP contribution in [0.2, 0.25) is 0 Å². The van der Waals surface area contributed by atoms with E-state index >= 15 is 0 Å². The van der Waals surface area contributed by atoms with Crippen LogP contribution in [-0.4, -0.2) is 30.4 Å². The molecule has 3 heteroatoms. The Kier molecular flexibility index (Phi) is 5.18. The number of likely N-dealkylation sites (N-methyl/N-ethyl adjacent to an activating group) is 1. The van der Waals surface area contributed by atoms with Crippen molar-refractivity contribution in [2.45, 2.75) is 45.7 Å². The Hall–Kier alpha value is -1.35. The summed E-state index contributed by atoms with van der Waals surface area (Å²) < 4.78 is 0. The number of amides is 1. The maximum absolute atomic E-state index is 11.4. The second-order valence-electron chi connectivity index (χ2n) is 6.31. The van der Waals surface area contributed by atoms with Gasteiger partial charge >= 0.3 is 0 Å². The SMILES string of the molecule is CC(C)Cc1ccc(CNC2CCC(=O)N(C)C2)cc1. The molecule has 1 amide bonds. The highest BCUT2D eigenvalue weighted by molar-refractivity contribution is 5.76. The molecule has 0 spiro atoms. The number of benzene rings is 1. The summed E-state index contributed by atoms with van der Waals surface area (Å²) in [6, 6.07) is 9.30. The molecule has 2 rings (SSSR count). The number of carbonyl (C=O) groups is 1. The summed E-state index contributed by atoms with van der Waals surface area (Å²) in [6.07, 6.45) is 2.76. The maximum Gasteiger partial charge on any atom is 0.222 e. The zero-order valence-corrected chi connectivity index (χ0v) is 12.9. The van der Waals surface area contributed by atoms with Crippen molar-refractivity contribution in [2.24, 2.45) is 5.92 Å². The second-order valence-corrected chi connectivity index (χ2v) is 6.31. The van der Waals surface area contributed by atoms with Gasteiger partial charge in [-0.3, -0.25) is 4.79 Å². The molecular weight excluding hydrogens is 248 g/mol.